The number of ether oxygens (including phenoxy) is 2. The molecule has 0 aliphatic carbocycles. The number of thiophene rings is 1. The highest BCUT2D eigenvalue weighted by molar-refractivity contribution is 7.20. The van der Waals surface area contributed by atoms with Gasteiger partial charge in [0, 0.05) is 29.4 Å². The molecule has 3 rings (SSSR count). The zero-order chi connectivity index (χ0) is 16.9. The molecule has 25 heavy (non-hydrogen) atoms. The Hall–Kier alpha value is -1.67. The Labute approximate surface area is 156 Å². The number of carbonyl (C=O) groups is 2. The number of esters is 1. The molecule has 1 aromatic heterocycles. The van der Waals surface area contributed by atoms with Gasteiger partial charge in [-0.3, -0.25) is 4.79 Å². The third-order valence-corrected chi connectivity index (χ3v) is 4.80. The maximum atomic E-state index is 12.1. The van der Waals surface area contributed by atoms with Crippen LogP contribution in [0.4, 0.5) is 5.69 Å². The second-order valence-corrected chi connectivity index (χ2v) is 6.65. The summed E-state index contributed by atoms with van der Waals surface area (Å²) in [5, 5.41) is 7.07. The predicted molar refractivity (Wildman–Crippen MR) is 101 cm³/mol. The molecular formula is C17H21ClN2O4S. The number of anilines is 1. The molecule has 0 spiro atoms. The van der Waals surface area contributed by atoms with E-state index in [9.17, 15) is 9.59 Å². The average Bonchev–Trinajstić information content (AvgIpc) is 2.99. The van der Waals surface area contributed by atoms with Gasteiger partial charge in [-0.2, -0.15) is 0 Å². The molecule has 2 N–H and O–H groups in total. The standard InChI is InChI=1S/C17H20N2O4S.ClH/c1-2-23-17(21)15-8-11-7-12(3-4-14(11)24-15)19-16(20)9-13-10-22-6-5-18-13;/h3-4,7-8,13,18H,2,5-6,9-10H2,1H3,(H,19,20);1H. The molecule has 2 aromatic rings. The fraction of sp³-hybridized carbons (Fsp3) is 0.412. The highest BCUT2D eigenvalue weighted by Gasteiger charge is 2.17. The third kappa shape index (κ3) is 5.15. The van der Waals surface area contributed by atoms with Crippen molar-refractivity contribution in [2.45, 2.75) is 19.4 Å². The molecule has 6 nitrogen and oxygen atoms in total. The molecule has 1 fully saturated rings. The van der Waals surface area contributed by atoms with Crippen molar-refractivity contribution in [1.29, 1.82) is 0 Å². The third-order valence-electron chi connectivity index (χ3n) is 3.71. The number of rotatable bonds is 5. The topological polar surface area (TPSA) is 76.7 Å². The Bertz CT molecular complexity index is 743. The Morgan fingerprint density at radius 1 is 1.40 bits per heavy atom. The fourth-order valence-corrected chi connectivity index (χ4v) is 3.55. The van der Waals surface area contributed by atoms with E-state index >= 15 is 0 Å². The number of benzene rings is 1. The normalized spacial score (nSPS) is 16.9. The Kier molecular flexibility index (Phi) is 7.19. The van der Waals surface area contributed by atoms with Crippen molar-refractivity contribution in [2.24, 2.45) is 0 Å². The van der Waals surface area contributed by atoms with E-state index < -0.39 is 0 Å². The molecule has 8 heteroatoms. The van der Waals surface area contributed by atoms with Gasteiger partial charge >= 0.3 is 5.97 Å². The summed E-state index contributed by atoms with van der Waals surface area (Å²) in [6.45, 7) is 4.16. The highest BCUT2D eigenvalue weighted by atomic mass is 35.5. The first-order valence-corrected chi connectivity index (χ1v) is 8.79. The smallest absolute Gasteiger partial charge is 0.348 e. The van der Waals surface area contributed by atoms with Crippen LogP contribution in [0.2, 0.25) is 0 Å². The van der Waals surface area contributed by atoms with Crippen LogP contribution in [-0.4, -0.2) is 44.3 Å². The van der Waals surface area contributed by atoms with E-state index in [1.807, 2.05) is 18.2 Å². The summed E-state index contributed by atoms with van der Waals surface area (Å²) in [6.07, 6.45) is 0.371. The molecular weight excluding hydrogens is 364 g/mol. The number of nitrogens with one attached hydrogen (secondary N) is 2. The van der Waals surface area contributed by atoms with Crippen LogP contribution in [0.3, 0.4) is 0 Å². The van der Waals surface area contributed by atoms with Gasteiger partial charge in [0.05, 0.1) is 19.8 Å². The highest BCUT2D eigenvalue weighted by Crippen LogP contribution is 2.28. The van der Waals surface area contributed by atoms with Crippen molar-refractivity contribution in [2.75, 3.05) is 31.7 Å². The predicted octanol–water partition coefficient (Wildman–Crippen LogP) is 2.82. The zero-order valence-corrected chi connectivity index (χ0v) is 15.5. The van der Waals surface area contributed by atoms with E-state index in [2.05, 4.69) is 10.6 Å². The Balaban J connectivity index is 0.00000225. The van der Waals surface area contributed by atoms with Crippen molar-refractivity contribution >= 4 is 51.4 Å². The number of carbonyl (C=O) groups excluding carboxylic acids is 2. The minimum absolute atomic E-state index is 0. The van der Waals surface area contributed by atoms with Gasteiger partial charge in [0.15, 0.2) is 0 Å². The van der Waals surface area contributed by atoms with Crippen LogP contribution in [-0.2, 0) is 14.3 Å². The summed E-state index contributed by atoms with van der Waals surface area (Å²) in [6, 6.07) is 7.47. The Morgan fingerprint density at radius 3 is 2.96 bits per heavy atom. The summed E-state index contributed by atoms with van der Waals surface area (Å²) in [7, 11) is 0. The molecule has 0 radical (unpaired) electrons. The lowest BCUT2D eigenvalue weighted by Gasteiger charge is -2.23. The quantitative estimate of drug-likeness (QED) is 0.775. The molecule has 1 saturated heterocycles. The van der Waals surface area contributed by atoms with Gasteiger partial charge < -0.3 is 20.1 Å². The van der Waals surface area contributed by atoms with E-state index in [1.165, 1.54) is 11.3 Å². The van der Waals surface area contributed by atoms with Crippen LogP contribution in [0.25, 0.3) is 10.1 Å². The van der Waals surface area contributed by atoms with Crippen LogP contribution in [0.15, 0.2) is 24.3 Å². The van der Waals surface area contributed by atoms with E-state index in [1.54, 1.807) is 13.0 Å². The van der Waals surface area contributed by atoms with Crippen molar-refractivity contribution < 1.29 is 19.1 Å². The molecule has 0 saturated carbocycles. The summed E-state index contributed by atoms with van der Waals surface area (Å²) in [5.41, 5.74) is 0.720. The van der Waals surface area contributed by atoms with Crippen LogP contribution in [0.5, 0.6) is 0 Å². The second kappa shape index (κ2) is 9.15. The first kappa shape index (κ1) is 19.7. The first-order valence-electron chi connectivity index (χ1n) is 7.97. The lowest BCUT2D eigenvalue weighted by Crippen LogP contribution is -2.43. The number of hydrogen-bond donors (Lipinski definition) is 2. The lowest BCUT2D eigenvalue weighted by molar-refractivity contribution is -0.117. The van der Waals surface area contributed by atoms with Gasteiger partial charge in [-0.25, -0.2) is 4.79 Å². The number of hydrogen-bond acceptors (Lipinski definition) is 6. The van der Waals surface area contributed by atoms with Gasteiger partial charge in [-0.05, 0) is 36.6 Å². The Morgan fingerprint density at radius 2 is 2.24 bits per heavy atom. The van der Waals surface area contributed by atoms with Gasteiger partial charge in [0.1, 0.15) is 4.88 Å². The average molecular weight is 385 g/mol. The first-order chi connectivity index (χ1) is 11.7. The summed E-state index contributed by atoms with van der Waals surface area (Å²) in [4.78, 5) is 24.5. The molecule has 1 aliphatic rings. The van der Waals surface area contributed by atoms with E-state index in [0.29, 0.717) is 31.1 Å². The molecule has 2 heterocycles. The van der Waals surface area contributed by atoms with Crippen LogP contribution >= 0.6 is 23.7 Å². The van der Waals surface area contributed by atoms with Gasteiger partial charge in [-0.1, -0.05) is 0 Å². The molecule has 1 unspecified atom stereocenters. The zero-order valence-electron chi connectivity index (χ0n) is 13.9. The molecule has 136 valence electrons. The fourth-order valence-electron chi connectivity index (χ4n) is 2.61. The second-order valence-electron chi connectivity index (χ2n) is 5.56. The summed E-state index contributed by atoms with van der Waals surface area (Å²) >= 11 is 1.39. The van der Waals surface area contributed by atoms with Crippen LogP contribution < -0.4 is 10.6 Å². The van der Waals surface area contributed by atoms with Crippen LogP contribution in [0.1, 0.15) is 23.0 Å². The maximum absolute atomic E-state index is 12.1. The van der Waals surface area contributed by atoms with E-state index in [4.69, 9.17) is 9.47 Å². The SMILES string of the molecule is CCOC(=O)c1cc2cc(NC(=O)CC3COCCN3)ccc2s1.Cl. The number of halogens is 1. The molecule has 1 aliphatic heterocycles. The van der Waals surface area contributed by atoms with Crippen molar-refractivity contribution in [3.8, 4) is 0 Å². The van der Waals surface area contributed by atoms with Gasteiger partial charge in [-0.15, -0.1) is 23.7 Å². The monoisotopic (exact) mass is 384 g/mol. The van der Waals surface area contributed by atoms with Crippen molar-refractivity contribution in [1.82, 2.24) is 5.32 Å². The van der Waals surface area contributed by atoms with E-state index in [0.717, 1.165) is 22.3 Å². The van der Waals surface area contributed by atoms with Crippen molar-refractivity contribution in [3.05, 3.63) is 29.1 Å². The molecule has 0 bridgehead atoms. The van der Waals surface area contributed by atoms with Crippen molar-refractivity contribution in [3.63, 3.8) is 0 Å². The van der Waals surface area contributed by atoms with E-state index in [-0.39, 0.29) is 30.3 Å². The van der Waals surface area contributed by atoms with Gasteiger partial charge in [0.2, 0.25) is 5.91 Å². The molecule has 1 atom stereocenters. The lowest BCUT2D eigenvalue weighted by atomic mass is 10.2. The van der Waals surface area contributed by atoms with Gasteiger partial charge in [0.25, 0.3) is 0 Å². The minimum Gasteiger partial charge on any atom is -0.462 e. The minimum atomic E-state index is -0.312. The summed E-state index contributed by atoms with van der Waals surface area (Å²) < 4.78 is 11.4. The number of amides is 1. The van der Waals surface area contributed by atoms with Crippen LogP contribution in [0, 0.1) is 0 Å². The largest absolute Gasteiger partial charge is 0.462 e. The number of fused-ring (bicyclic) bond motifs is 1. The summed E-state index contributed by atoms with van der Waals surface area (Å²) in [5.74, 6) is -0.370. The number of morpholine rings is 1. The maximum Gasteiger partial charge on any atom is 0.348 e. The molecule has 1 amide bonds. The molecule has 1 aromatic carbocycles.